The zero-order valence-corrected chi connectivity index (χ0v) is 38.4. The number of hydrogen-bond acceptors (Lipinski definition) is 7. The maximum absolute atomic E-state index is 11.8. The number of rotatable bonds is 11. The summed E-state index contributed by atoms with van der Waals surface area (Å²) in [6.45, 7) is 5.23. The first kappa shape index (κ1) is 46.4. The number of methoxy groups -OCH3 is 2. The maximum atomic E-state index is 11.8. The van der Waals surface area contributed by atoms with E-state index in [0.29, 0.717) is 17.4 Å². The Hall–Kier alpha value is -5.64. The molecule has 3 aliphatic rings. The van der Waals surface area contributed by atoms with Crippen molar-refractivity contribution >= 4 is 27.4 Å². The Morgan fingerprint density at radius 3 is 1.38 bits per heavy atom. The summed E-state index contributed by atoms with van der Waals surface area (Å²) in [5.41, 5.74) is 16.6. The maximum Gasteiger partial charge on any atom is 0.362 e. The van der Waals surface area contributed by atoms with Crippen LogP contribution < -0.4 is 9.47 Å². The smallest absolute Gasteiger partial charge is 0.362 e. The second-order valence-corrected chi connectivity index (χ2v) is 20.3. The Morgan fingerprint density at radius 2 is 1.03 bits per heavy atom. The minimum absolute atomic E-state index is 0.0195. The highest BCUT2D eigenvalue weighted by molar-refractivity contribution is 7.90. The van der Waals surface area contributed by atoms with Crippen LogP contribution in [0.1, 0.15) is 115 Å². The fourth-order valence-corrected chi connectivity index (χ4v) is 11.8. The van der Waals surface area contributed by atoms with Gasteiger partial charge < -0.3 is 25.2 Å². The molecule has 10 heteroatoms. The third kappa shape index (κ3) is 9.15. The first-order valence-electron chi connectivity index (χ1n) is 22.2. The second-order valence-electron chi connectivity index (χ2n) is 18.3. The number of benzene rings is 5. The van der Waals surface area contributed by atoms with Crippen LogP contribution in [0.2, 0.25) is 0 Å². The van der Waals surface area contributed by atoms with Crippen LogP contribution in [0, 0.1) is 17.3 Å². The van der Waals surface area contributed by atoms with Crippen molar-refractivity contribution in [1.82, 2.24) is 0 Å². The summed E-state index contributed by atoms with van der Waals surface area (Å²) in [4.78, 5) is 14.7. The van der Waals surface area contributed by atoms with Gasteiger partial charge in [0.2, 0.25) is 0 Å². The molecule has 0 aliphatic heterocycles. The number of nitrogens with zero attached hydrogens (tertiary/aromatic N) is 2. The van der Waals surface area contributed by atoms with E-state index in [1.165, 1.54) is 78.3 Å². The Bertz CT molecular complexity index is 2390. The fraction of sp³-hybridized carbons (Fsp3) is 0.370. The summed E-state index contributed by atoms with van der Waals surface area (Å²) < 4.78 is 34.1. The highest BCUT2D eigenvalue weighted by Crippen LogP contribution is 2.57. The number of hydrogen-bond donors (Lipinski definition) is 2. The van der Waals surface area contributed by atoms with Crippen molar-refractivity contribution in [2.24, 2.45) is 17.3 Å². The van der Waals surface area contributed by atoms with E-state index in [1.807, 2.05) is 0 Å². The van der Waals surface area contributed by atoms with Gasteiger partial charge in [0.25, 0.3) is 5.78 Å². The van der Waals surface area contributed by atoms with E-state index in [1.54, 1.807) is 14.2 Å². The molecule has 2 N–H and O–H groups in total. The van der Waals surface area contributed by atoms with Gasteiger partial charge >= 0.3 is 5.71 Å². The van der Waals surface area contributed by atoms with E-state index in [2.05, 4.69) is 116 Å². The van der Waals surface area contributed by atoms with Gasteiger partial charge in [-0.05, 0) is 138 Å². The molecule has 0 spiro atoms. The van der Waals surface area contributed by atoms with Crippen LogP contribution in [0.15, 0.2) is 126 Å². The lowest BCUT2D eigenvalue weighted by Gasteiger charge is -2.51. The largest absolute Gasteiger partial charge is 0.497 e. The molecule has 0 heterocycles. The van der Waals surface area contributed by atoms with Crippen LogP contribution in [0.3, 0.4) is 0 Å². The Labute approximate surface area is 378 Å². The van der Waals surface area contributed by atoms with Gasteiger partial charge in [-0.1, -0.05) is 98.8 Å². The number of aliphatic hydroxyl groups is 2. The number of Topliss-reactive ketones (excluding diaryl/α,β-unsaturated/α-hetero) is 1. The molecule has 334 valence electrons. The summed E-state index contributed by atoms with van der Waals surface area (Å²) in [6.07, 6.45) is 13.1. The molecule has 0 unspecified atom stereocenters. The molecule has 5 aromatic rings. The number of ether oxygens (including phenoxy) is 2. The van der Waals surface area contributed by atoms with Gasteiger partial charge in [-0.15, -0.1) is 0 Å². The summed E-state index contributed by atoms with van der Waals surface area (Å²) in [6, 6.07) is 39.2. The Kier molecular flexibility index (Phi) is 13.9. The van der Waals surface area contributed by atoms with E-state index in [-0.39, 0.29) is 45.6 Å². The SMILES string of the molecule is COc1ccc(C2(c3ccc(OC)cc3)CCC(C(C)(C)C3CCC(c4ccc(CO)cc4)(c4ccc(CO)cc4)CC3)CC2)cc1.CS(=O)(=O)c1cccc2c1C=CC(=[N+]=[N-])C2=O. The van der Waals surface area contributed by atoms with Crippen LogP contribution in [0.25, 0.3) is 11.6 Å². The van der Waals surface area contributed by atoms with Gasteiger partial charge in [0.15, 0.2) is 9.84 Å². The van der Waals surface area contributed by atoms with Gasteiger partial charge in [-0.25, -0.2) is 8.42 Å². The van der Waals surface area contributed by atoms with E-state index >= 15 is 0 Å². The molecule has 0 radical (unpaired) electrons. The molecule has 0 atom stereocenters. The molecule has 0 saturated heterocycles. The Balaban J connectivity index is 0.000000301. The lowest BCUT2D eigenvalue weighted by atomic mass is 9.53. The van der Waals surface area contributed by atoms with E-state index in [9.17, 15) is 23.4 Å². The number of allylic oxidation sites excluding steroid dienone is 1. The average Bonchev–Trinajstić information content (AvgIpc) is 3.34. The zero-order valence-electron chi connectivity index (χ0n) is 37.6. The van der Waals surface area contributed by atoms with Crippen LogP contribution in [-0.2, 0) is 33.9 Å². The van der Waals surface area contributed by atoms with Crippen molar-refractivity contribution in [1.29, 1.82) is 0 Å². The van der Waals surface area contributed by atoms with Gasteiger partial charge in [0.1, 0.15) is 11.5 Å². The standard InChI is InChI=1S/C43H52O4.C11H8N2O3S/c1-41(2,33-21-25-42(26-22-33,35-9-5-31(29-44)6-10-35)36-11-7-32(30-45)8-12-36)34-23-27-43(28-24-34,37-13-17-39(46-3)18-14-37)38-15-19-40(47-4)20-16-38;1-17(15,16)10-4-2-3-8-7(10)5-6-9(13-12)11(8)14/h5-20,33-34,44-45H,21-30H2,1-4H3;2-6H,1H3. The Morgan fingerprint density at radius 1 is 0.641 bits per heavy atom. The third-order valence-electron chi connectivity index (χ3n) is 14.9. The van der Waals surface area contributed by atoms with Gasteiger partial charge in [0.05, 0.1) is 32.3 Å². The zero-order chi connectivity index (χ0) is 45.7. The molecular weight excluding hydrogens is 821 g/mol. The molecule has 5 aromatic carbocycles. The van der Waals surface area contributed by atoms with Gasteiger partial charge in [-0.3, -0.25) is 4.79 Å². The number of ketones is 1. The minimum atomic E-state index is -3.40. The molecule has 9 nitrogen and oxygen atoms in total. The van der Waals surface area contributed by atoms with Crippen molar-refractivity contribution in [3.8, 4) is 11.5 Å². The first-order chi connectivity index (χ1) is 30.7. The predicted octanol–water partition coefficient (Wildman–Crippen LogP) is 10.3. The lowest BCUT2D eigenvalue weighted by Crippen LogP contribution is -2.43. The first-order valence-corrected chi connectivity index (χ1v) is 24.1. The highest BCUT2D eigenvalue weighted by Gasteiger charge is 2.48. The molecule has 64 heavy (non-hydrogen) atoms. The van der Waals surface area contributed by atoms with Crippen molar-refractivity contribution in [2.75, 3.05) is 20.5 Å². The van der Waals surface area contributed by atoms with Crippen molar-refractivity contribution < 1.29 is 37.7 Å². The van der Waals surface area contributed by atoms with Crippen LogP contribution in [0.4, 0.5) is 0 Å². The molecule has 0 amide bonds. The quantitative estimate of drug-likeness (QED) is 0.0992. The molecule has 2 fully saturated rings. The van der Waals surface area contributed by atoms with Crippen molar-refractivity contribution in [3.63, 3.8) is 0 Å². The van der Waals surface area contributed by atoms with Crippen LogP contribution in [-0.4, -0.2) is 55.4 Å². The summed E-state index contributed by atoms with van der Waals surface area (Å²) >= 11 is 0. The van der Waals surface area contributed by atoms with Crippen LogP contribution in [0.5, 0.6) is 11.5 Å². The summed E-state index contributed by atoms with van der Waals surface area (Å²) in [5, 5.41) is 19.4. The number of carbonyl (C=O) groups is 1. The van der Waals surface area contributed by atoms with E-state index < -0.39 is 15.6 Å². The molecular formula is C54H60N2O7S. The minimum Gasteiger partial charge on any atom is -0.497 e. The average molecular weight is 881 g/mol. The van der Waals surface area contributed by atoms with Crippen molar-refractivity contribution in [2.45, 2.75) is 94.2 Å². The predicted molar refractivity (Wildman–Crippen MR) is 252 cm³/mol. The van der Waals surface area contributed by atoms with Gasteiger partial charge in [0, 0.05) is 34.3 Å². The molecule has 0 bridgehead atoms. The fourth-order valence-electron chi connectivity index (χ4n) is 10.9. The van der Waals surface area contributed by atoms with Crippen molar-refractivity contribution in [3.05, 3.63) is 171 Å². The summed E-state index contributed by atoms with van der Waals surface area (Å²) in [5.74, 6) is 2.63. The number of sulfone groups is 1. The molecule has 8 rings (SSSR count). The second kappa shape index (κ2) is 19.2. The normalized spacial score (nSPS) is 17.4. The highest BCUT2D eigenvalue weighted by atomic mass is 32.2. The van der Waals surface area contributed by atoms with Gasteiger partial charge in [-0.2, -0.15) is 4.79 Å². The van der Waals surface area contributed by atoms with E-state index in [0.717, 1.165) is 54.6 Å². The van der Waals surface area contributed by atoms with Crippen LogP contribution >= 0.6 is 0 Å². The number of fused-ring (bicyclic) bond motifs is 1. The topological polar surface area (TPSA) is 147 Å². The molecule has 2 saturated carbocycles. The third-order valence-corrected chi connectivity index (χ3v) is 16.1. The molecule has 3 aliphatic carbocycles. The monoisotopic (exact) mass is 880 g/mol. The lowest BCUT2D eigenvalue weighted by molar-refractivity contribution is -0.00436. The molecule has 0 aromatic heterocycles. The number of aliphatic hydroxyl groups excluding tert-OH is 2. The van der Waals surface area contributed by atoms with E-state index in [4.69, 9.17) is 15.0 Å². The summed E-state index contributed by atoms with van der Waals surface area (Å²) in [7, 11) is 0.0678. The number of carbonyl (C=O) groups excluding carboxylic acids is 1.